The van der Waals surface area contributed by atoms with Gasteiger partial charge in [0.2, 0.25) is 5.91 Å². The normalized spacial score (nSPS) is 27.3. The minimum atomic E-state index is 0.359. The molecule has 2 fully saturated rings. The first-order valence-electron chi connectivity index (χ1n) is 6.83. The third-order valence-electron chi connectivity index (χ3n) is 4.02. The first-order valence-corrected chi connectivity index (χ1v) is 6.83. The molecule has 2 aliphatic rings. The minimum Gasteiger partial charge on any atom is -0.342 e. The van der Waals surface area contributed by atoms with Crippen LogP contribution in [0.5, 0.6) is 0 Å². The quantitative estimate of drug-likeness (QED) is 0.730. The van der Waals surface area contributed by atoms with Crippen LogP contribution in [0, 0.1) is 0 Å². The smallest absolute Gasteiger partial charge is 0.236 e. The van der Waals surface area contributed by atoms with Crippen molar-refractivity contribution < 1.29 is 4.79 Å². The predicted octanol–water partition coefficient (Wildman–Crippen LogP) is 1.87. The van der Waals surface area contributed by atoms with E-state index in [1.807, 2.05) is 4.90 Å². The molecule has 16 heavy (non-hydrogen) atoms. The molecule has 3 heteroatoms. The summed E-state index contributed by atoms with van der Waals surface area (Å²) in [6.45, 7) is 6.01. The number of hydrogen-bond donors (Lipinski definition) is 0. The van der Waals surface area contributed by atoms with E-state index in [4.69, 9.17) is 0 Å². The highest BCUT2D eigenvalue weighted by Gasteiger charge is 2.25. The van der Waals surface area contributed by atoms with Crippen LogP contribution < -0.4 is 0 Å². The fraction of sp³-hybridized carbons (Fsp3) is 0.923. The molecule has 1 unspecified atom stereocenters. The Hall–Kier alpha value is -0.570. The lowest BCUT2D eigenvalue weighted by Gasteiger charge is -2.35. The van der Waals surface area contributed by atoms with Crippen LogP contribution in [0.1, 0.15) is 45.4 Å². The summed E-state index contributed by atoms with van der Waals surface area (Å²) >= 11 is 0. The van der Waals surface area contributed by atoms with Gasteiger partial charge in [-0.05, 0) is 38.6 Å². The lowest BCUT2D eigenvalue weighted by Crippen LogP contribution is -2.46. The molecule has 2 heterocycles. The molecule has 2 rings (SSSR count). The number of piperidine rings is 1. The second-order valence-electron chi connectivity index (χ2n) is 5.12. The maximum atomic E-state index is 12.1. The first kappa shape index (κ1) is 11.9. The number of carbonyl (C=O) groups excluding carboxylic acids is 1. The molecule has 1 atom stereocenters. The molecule has 1 amide bonds. The fourth-order valence-corrected chi connectivity index (χ4v) is 2.97. The first-order chi connectivity index (χ1) is 7.81. The van der Waals surface area contributed by atoms with Gasteiger partial charge >= 0.3 is 0 Å². The molecule has 0 saturated carbocycles. The minimum absolute atomic E-state index is 0.359. The topological polar surface area (TPSA) is 23.6 Å². The summed E-state index contributed by atoms with van der Waals surface area (Å²) in [4.78, 5) is 16.5. The maximum Gasteiger partial charge on any atom is 0.236 e. The van der Waals surface area contributed by atoms with E-state index in [2.05, 4.69) is 11.8 Å². The molecule has 0 aromatic heterocycles. The number of hydrogen-bond acceptors (Lipinski definition) is 2. The summed E-state index contributed by atoms with van der Waals surface area (Å²) in [5, 5.41) is 0. The Balaban J connectivity index is 1.84. The van der Waals surface area contributed by atoms with Gasteiger partial charge in [0.1, 0.15) is 0 Å². The third kappa shape index (κ3) is 2.76. The summed E-state index contributed by atoms with van der Waals surface area (Å²) < 4.78 is 0. The molecule has 2 aliphatic heterocycles. The van der Waals surface area contributed by atoms with Crippen LogP contribution in [0.15, 0.2) is 0 Å². The molecule has 0 bridgehead atoms. The van der Waals surface area contributed by atoms with E-state index >= 15 is 0 Å². The van der Waals surface area contributed by atoms with Gasteiger partial charge in [0.15, 0.2) is 0 Å². The predicted molar refractivity (Wildman–Crippen MR) is 65.3 cm³/mol. The highest BCUT2D eigenvalue weighted by Crippen LogP contribution is 2.19. The summed E-state index contributed by atoms with van der Waals surface area (Å²) in [6.07, 6.45) is 7.47. The third-order valence-corrected chi connectivity index (χ3v) is 4.02. The molecular formula is C13H24N2O. The van der Waals surface area contributed by atoms with Crippen LogP contribution in [0.25, 0.3) is 0 Å². The van der Waals surface area contributed by atoms with Crippen molar-refractivity contribution in [2.24, 2.45) is 0 Å². The maximum absolute atomic E-state index is 12.1. The van der Waals surface area contributed by atoms with E-state index in [1.165, 1.54) is 38.5 Å². The van der Waals surface area contributed by atoms with Crippen molar-refractivity contribution in [3.63, 3.8) is 0 Å². The highest BCUT2D eigenvalue weighted by molar-refractivity contribution is 5.78. The van der Waals surface area contributed by atoms with Crippen LogP contribution in [0.2, 0.25) is 0 Å². The van der Waals surface area contributed by atoms with Crippen LogP contribution in [0.4, 0.5) is 0 Å². The van der Waals surface area contributed by atoms with Crippen molar-refractivity contribution in [1.29, 1.82) is 0 Å². The average molecular weight is 224 g/mol. The van der Waals surface area contributed by atoms with Crippen LogP contribution in [0.3, 0.4) is 0 Å². The van der Waals surface area contributed by atoms with Gasteiger partial charge in [-0.25, -0.2) is 0 Å². The summed E-state index contributed by atoms with van der Waals surface area (Å²) in [7, 11) is 0. The molecule has 0 N–H and O–H groups in total. The zero-order valence-corrected chi connectivity index (χ0v) is 10.5. The molecule has 0 aromatic carbocycles. The Morgan fingerprint density at radius 3 is 2.50 bits per heavy atom. The number of amides is 1. The van der Waals surface area contributed by atoms with Crippen LogP contribution >= 0.6 is 0 Å². The van der Waals surface area contributed by atoms with E-state index in [1.54, 1.807) is 0 Å². The van der Waals surface area contributed by atoms with Gasteiger partial charge in [-0.2, -0.15) is 0 Å². The standard InChI is InChI=1S/C13H24N2O/c1-2-12-7-3-4-10-15(12)11-13(16)14-8-5-6-9-14/h12H,2-11H2,1H3. The van der Waals surface area contributed by atoms with E-state index in [0.717, 1.165) is 19.6 Å². The lowest BCUT2D eigenvalue weighted by molar-refractivity contribution is -0.132. The largest absolute Gasteiger partial charge is 0.342 e. The van der Waals surface area contributed by atoms with E-state index in [9.17, 15) is 4.79 Å². The number of nitrogens with zero attached hydrogens (tertiary/aromatic N) is 2. The average Bonchev–Trinajstić information content (AvgIpc) is 2.83. The van der Waals surface area contributed by atoms with Crippen LogP contribution in [-0.2, 0) is 4.79 Å². The van der Waals surface area contributed by atoms with Gasteiger partial charge in [-0.15, -0.1) is 0 Å². The van der Waals surface area contributed by atoms with Gasteiger partial charge < -0.3 is 4.90 Å². The van der Waals surface area contributed by atoms with Gasteiger partial charge in [0.05, 0.1) is 6.54 Å². The summed E-state index contributed by atoms with van der Waals surface area (Å²) in [6, 6.07) is 0.653. The molecule has 2 saturated heterocycles. The number of rotatable bonds is 3. The molecule has 0 aliphatic carbocycles. The lowest BCUT2D eigenvalue weighted by atomic mass is 10.00. The van der Waals surface area contributed by atoms with Crippen molar-refractivity contribution in [2.75, 3.05) is 26.2 Å². The van der Waals surface area contributed by atoms with Crippen molar-refractivity contribution in [3.05, 3.63) is 0 Å². The second-order valence-corrected chi connectivity index (χ2v) is 5.12. The summed E-state index contributed by atoms with van der Waals surface area (Å²) in [5.41, 5.74) is 0. The molecule has 0 radical (unpaired) electrons. The molecule has 3 nitrogen and oxygen atoms in total. The molecule has 0 spiro atoms. The molecule has 92 valence electrons. The van der Waals surface area contributed by atoms with Crippen molar-refractivity contribution >= 4 is 5.91 Å². The van der Waals surface area contributed by atoms with Crippen molar-refractivity contribution in [2.45, 2.75) is 51.5 Å². The zero-order valence-electron chi connectivity index (χ0n) is 10.5. The Morgan fingerprint density at radius 2 is 1.81 bits per heavy atom. The Kier molecular flexibility index (Phi) is 4.22. The Morgan fingerprint density at radius 1 is 1.12 bits per heavy atom. The SMILES string of the molecule is CCC1CCCCN1CC(=O)N1CCCC1. The second kappa shape index (κ2) is 5.67. The molecular weight excluding hydrogens is 200 g/mol. The van der Waals surface area contributed by atoms with Gasteiger partial charge in [0, 0.05) is 19.1 Å². The summed E-state index contributed by atoms with van der Waals surface area (Å²) in [5.74, 6) is 0.359. The zero-order chi connectivity index (χ0) is 11.4. The highest BCUT2D eigenvalue weighted by atomic mass is 16.2. The van der Waals surface area contributed by atoms with Crippen molar-refractivity contribution in [3.8, 4) is 0 Å². The Bertz CT molecular complexity index is 236. The number of carbonyl (C=O) groups is 1. The van der Waals surface area contributed by atoms with Gasteiger partial charge in [0.25, 0.3) is 0 Å². The number of likely N-dealkylation sites (tertiary alicyclic amines) is 2. The van der Waals surface area contributed by atoms with Crippen molar-refractivity contribution in [1.82, 2.24) is 9.80 Å². The molecule has 0 aromatic rings. The van der Waals surface area contributed by atoms with Crippen LogP contribution in [-0.4, -0.2) is 47.9 Å². The fourth-order valence-electron chi connectivity index (χ4n) is 2.97. The van der Waals surface area contributed by atoms with E-state index < -0.39 is 0 Å². The van der Waals surface area contributed by atoms with Gasteiger partial charge in [-0.1, -0.05) is 13.3 Å². The Labute approximate surface area is 98.8 Å². The monoisotopic (exact) mass is 224 g/mol. The van der Waals surface area contributed by atoms with E-state index in [-0.39, 0.29) is 0 Å². The van der Waals surface area contributed by atoms with E-state index in [0.29, 0.717) is 18.5 Å². The van der Waals surface area contributed by atoms with Gasteiger partial charge in [-0.3, -0.25) is 9.69 Å².